The molecule has 0 bridgehead atoms. The number of hydrogen-bond acceptors (Lipinski definition) is 7. The molecule has 8 heteroatoms. The first-order valence-electron chi connectivity index (χ1n) is 19.3. The van der Waals surface area contributed by atoms with Gasteiger partial charge in [-0.05, 0) is 152 Å². The van der Waals surface area contributed by atoms with Crippen molar-refractivity contribution in [3.05, 3.63) is 0 Å². The van der Waals surface area contributed by atoms with Crippen LogP contribution in [0.25, 0.3) is 0 Å². The first-order valence-corrected chi connectivity index (χ1v) is 19.3. The second kappa shape index (κ2) is 11.6. The smallest absolute Gasteiger partial charge is 0.411 e. The van der Waals surface area contributed by atoms with E-state index >= 15 is 0 Å². The molecular weight excluding hydrogens is 606 g/mol. The Morgan fingerprint density at radius 2 is 1.50 bits per heavy atom. The summed E-state index contributed by atoms with van der Waals surface area (Å²) in [5.41, 5.74) is -1.97. The van der Waals surface area contributed by atoms with Crippen LogP contribution in [0, 0.1) is 45.3 Å². The van der Waals surface area contributed by atoms with Crippen LogP contribution in [-0.2, 0) is 19.0 Å². The summed E-state index contributed by atoms with van der Waals surface area (Å²) >= 11 is 0. The molecular formula is C40H67NO7. The molecule has 274 valence electrons. The number of ether oxygens (including phenoxy) is 3. The maximum atomic E-state index is 13.7. The molecule has 2 heterocycles. The van der Waals surface area contributed by atoms with Crippen molar-refractivity contribution in [1.82, 2.24) is 4.90 Å². The molecule has 2 saturated heterocycles. The molecule has 1 amide bonds. The van der Waals surface area contributed by atoms with Crippen LogP contribution in [-0.4, -0.2) is 74.9 Å². The van der Waals surface area contributed by atoms with Gasteiger partial charge in [0.05, 0.1) is 23.4 Å². The second-order valence-corrected chi connectivity index (χ2v) is 20.2. The number of esters is 1. The Bertz CT molecular complexity index is 1270. The highest BCUT2D eigenvalue weighted by Gasteiger charge is 2.72. The Kier molecular flexibility index (Phi) is 8.77. The highest BCUT2D eigenvalue weighted by Crippen LogP contribution is 2.76. The Balaban J connectivity index is 1.20. The molecule has 0 aromatic rings. The molecule has 8 nitrogen and oxygen atoms in total. The molecule has 0 aromatic carbocycles. The summed E-state index contributed by atoms with van der Waals surface area (Å²) in [5, 5.41) is 23.0. The SMILES string of the molecule is CC(C)(C)OC(=O)N1CCC[C@H]1C(=O)O[C@H]1CC[C@]2(C)[C@H]3C[C@@H](O)[C@@H]4[C@@H]([C@]5(C)CC[C@@H](C(C)(C)O)O5)CC[C@@]4(C)[C@]3(C)CC[C@H]2C1(C)C. The molecule has 6 fully saturated rings. The summed E-state index contributed by atoms with van der Waals surface area (Å²) in [6, 6.07) is -0.594. The van der Waals surface area contributed by atoms with Crippen molar-refractivity contribution >= 4 is 12.1 Å². The van der Waals surface area contributed by atoms with Crippen molar-refractivity contribution in [2.45, 2.75) is 188 Å². The number of rotatable bonds is 4. The monoisotopic (exact) mass is 673 g/mol. The fourth-order valence-electron chi connectivity index (χ4n) is 13.0. The molecule has 48 heavy (non-hydrogen) atoms. The summed E-state index contributed by atoms with van der Waals surface area (Å²) in [4.78, 5) is 28.2. The van der Waals surface area contributed by atoms with Crippen LogP contribution in [0.4, 0.5) is 4.79 Å². The number of fused-ring (bicyclic) bond motifs is 5. The van der Waals surface area contributed by atoms with E-state index in [-0.39, 0.29) is 57.3 Å². The highest BCUT2D eigenvalue weighted by atomic mass is 16.6. The van der Waals surface area contributed by atoms with Gasteiger partial charge in [0, 0.05) is 12.0 Å². The van der Waals surface area contributed by atoms with Gasteiger partial charge in [-0.25, -0.2) is 9.59 Å². The third-order valence-electron chi connectivity index (χ3n) is 15.6. The van der Waals surface area contributed by atoms with E-state index in [1.807, 2.05) is 34.6 Å². The molecule has 0 spiro atoms. The second-order valence-electron chi connectivity index (χ2n) is 20.2. The predicted octanol–water partition coefficient (Wildman–Crippen LogP) is 7.66. The largest absolute Gasteiger partial charge is 0.460 e. The van der Waals surface area contributed by atoms with Crippen LogP contribution in [0.1, 0.15) is 147 Å². The molecule has 0 aromatic heterocycles. The van der Waals surface area contributed by atoms with Crippen molar-refractivity contribution in [1.29, 1.82) is 0 Å². The number of carbonyl (C=O) groups excluding carboxylic acids is 2. The molecule has 2 N–H and O–H groups in total. The quantitative estimate of drug-likeness (QED) is 0.295. The molecule has 0 radical (unpaired) electrons. The number of likely N-dealkylation sites (tertiary alicyclic amines) is 1. The lowest BCUT2D eigenvalue weighted by molar-refractivity contribution is -0.251. The van der Waals surface area contributed by atoms with Crippen molar-refractivity contribution in [3.63, 3.8) is 0 Å². The molecule has 6 rings (SSSR count). The molecule has 2 aliphatic heterocycles. The van der Waals surface area contributed by atoms with Crippen LogP contribution >= 0.6 is 0 Å². The maximum Gasteiger partial charge on any atom is 0.411 e. The lowest BCUT2D eigenvalue weighted by Crippen LogP contribution is -2.67. The van der Waals surface area contributed by atoms with E-state index in [2.05, 4.69) is 41.5 Å². The van der Waals surface area contributed by atoms with Gasteiger partial charge in [-0.3, -0.25) is 4.90 Å². The van der Waals surface area contributed by atoms with Crippen molar-refractivity contribution in [3.8, 4) is 0 Å². The van der Waals surface area contributed by atoms with Crippen molar-refractivity contribution in [2.24, 2.45) is 45.3 Å². The molecule has 12 atom stereocenters. The minimum Gasteiger partial charge on any atom is -0.460 e. The van der Waals surface area contributed by atoms with Gasteiger partial charge in [-0.15, -0.1) is 0 Å². The van der Waals surface area contributed by atoms with Gasteiger partial charge in [0.1, 0.15) is 17.7 Å². The molecule has 0 unspecified atom stereocenters. The summed E-state index contributed by atoms with van der Waals surface area (Å²) in [6.07, 6.45) is 8.83. The maximum absolute atomic E-state index is 13.7. The molecule has 4 aliphatic carbocycles. The lowest BCUT2D eigenvalue weighted by Gasteiger charge is -2.70. The zero-order valence-electron chi connectivity index (χ0n) is 32.0. The predicted molar refractivity (Wildman–Crippen MR) is 185 cm³/mol. The third kappa shape index (κ3) is 5.56. The van der Waals surface area contributed by atoms with Crippen molar-refractivity contribution in [2.75, 3.05) is 6.54 Å². The fraction of sp³-hybridized carbons (Fsp3) is 0.950. The van der Waals surface area contributed by atoms with Crippen LogP contribution in [0.2, 0.25) is 0 Å². The zero-order valence-corrected chi connectivity index (χ0v) is 32.0. The van der Waals surface area contributed by atoms with E-state index in [1.165, 1.54) is 0 Å². The van der Waals surface area contributed by atoms with E-state index < -0.39 is 29.4 Å². The Hall–Kier alpha value is -1.38. The third-order valence-corrected chi connectivity index (χ3v) is 15.6. The first kappa shape index (κ1) is 36.4. The normalized spacial score (nSPS) is 47.2. The van der Waals surface area contributed by atoms with E-state index in [0.717, 1.165) is 64.2 Å². The number of carbonyl (C=O) groups is 2. The van der Waals surface area contributed by atoms with Crippen molar-refractivity contribution < 1.29 is 34.0 Å². The first-order chi connectivity index (χ1) is 22.0. The van der Waals surface area contributed by atoms with Gasteiger partial charge in [0.2, 0.25) is 0 Å². The van der Waals surface area contributed by atoms with E-state index in [9.17, 15) is 19.8 Å². The highest BCUT2D eigenvalue weighted by molar-refractivity contribution is 5.82. The number of aliphatic hydroxyl groups is 2. The average Bonchev–Trinajstić information content (AvgIpc) is 3.69. The van der Waals surface area contributed by atoms with Crippen LogP contribution in [0.3, 0.4) is 0 Å². The van der Waals surface area contributed by atoms with Gasteiger partial charge in [0.15, 0.2) is 0 Å². The van der Waals surface area contributed by atoms with Crippen LogP contribution < -0.4 is 0 Å². The Morgan fingerprint density at radius 3 is 2.12 bits per heavy atom. The summed E-state index contributed by atoms with van der Waals surface area (Å²) in [7, 11) is 0. The molecule has 6 aliphatic rings. The number of hydrogen-bond donors (Lipinski definition) is 2. The molecule has 4 saturated carbocycles. The van der Waals surface area contributed by atoms with E-state index in [0.29, 0.717) is 24.8 Å². The van der Waals surface area contributed by atoms with Gasteiger partial charge in [-0.2, -0.15) is 0 Å². The summed E-state index contributed by atoms with van der Waals surface area (Å²) < 4.78 is 18.8. The lowest BCUT2D eigenvalue weighted by atomic mass is 9.35. The number of amides is 1. The topological polar surface area (TPSA) is 106 Å². The average molecular weight is 674 g/mol. The minimum absolute atomic E-state index is 0.00573. The van der Waals surface area contributed by atoms with E-state index in [4.69, 9.17) is 14.2 Å². The zero-order chi connectivity index (χ0) is 35.5. The van der Waals surface area contributed by atoms with Gasteiger partial charge in [0.25, 0.3) is 0 Å². The number of aliphatic hydroxyl groups excluding tert-OH is 1. The Morgan fingerprint density at radius 1 is 0.833 bits per heavy atom. The standard InChI is InChI=1S/C40H67NO7/c1-34(2,3)48-33(44)41-22-12-13-25(41)32(43)46-29-16-18-37(8)27(35(29,4)5)15-20-38(9)28(37)23-26(42)31-24(14-19-39(31,38)10)40(11)21-17-30(47-40)36(6,7)45/h24-31,42,45H,12-23H2,1-11H3/t24-,25-,26+,27-,28+,29-,30-,31-,37-,38+,39+,40-/m0/s1. The fourth-order valence-corrected chi connectivity index (χ4v) is 13.0. The summed E-state index contributed by atoms with van der Waals surface area (Å²) in [6.45, 7) is 24.1. The Labute approximate surface area is 290 Å². The number of nitrogens with zero attached hydrogens (tertiary/aromatic N) is 1. The van der Waals surface area contributed by atoms with Crippen LogP contribution in [0.5, 0.6) is 0 Å². The minimum atomic E-state index is -0.872. The summed E-state index contributed by atoms with van der Waals surface area (Å²) in [5.74, 6) is 0.877. The van der Waals surface area contributed by atoms with Crippen LogP contribution in [0.15, 0.2) is 0 Å². The van der Waals surface area contributed by atoms with Gasteiger partial charge in [-0.1, -0.05) is 34.6 Å². The van der Waals surface area contributed by atoms with Gasteiger partial charge >= 0.3 is 12.1 Å². The van der Waals surface area contributed by atoms with Gasteiger partial charge < -0.3 is 24.4 Å². The van der Waals surface area contributed by atoms with E-state index in [1.54, 1.807) is 4.90 Å².